The molecule has 0 aliphatic rings. The van der Waals surface area contributed by atoms with Crippen molar-refractivity contribution in [2.45, 2.75) is 112 Å². The van der Waals surface area contributed by atoms with Gasteiger partial charge in [0.05, 0.1) is 0 Å². The molecule has 0 aromatic heterocycles. The summed E-state index contributed by atoms with van der Waals surface area (Å²) < 4.78 is 0. The van der Waals surface area contributed by atoms with Gasteiger partial charge in [-0.05, 0) is 17.8 Å². The molecule has 0 nitrogen and oxygen atoms in total. The van der Waals surface area contributed by atoms with Crippen molar-refractivity contribution in [3.05, 3.63) is 0 Å². The highest BCUT2D eigenvalue weighted by Gasteiger charge is 2.06. The molecule has 0 rings (SSSR count). The van der Waals surface area contributed by atoms with Gasteiger partial charge in [0, 0.05) is 0 Å². The third-order valence-corrected chi connectivity index (χ3v) is 5.04. The van der Waals surface area contributed by atoms with Crippen molar-refractivity contribution in [2.75, 3.05) is 0 Å². The molecule has 0 aliphatic heterocycles. The van der Waals surface area contributed by atoms with Crippen molar-refractivity contribution in [2.24, 2.45) is 17.8 Å². The maximum atomic E-state index is 2.46. The van der Waals surface area contributed by atoms with E-state index in [1.807, 2.05) is 0 Å². The summed E-state index contributed by atoms with van der Waals surface area (Å²) >= 11 is 0. The Bertz CT molecular complexity index is 184. The van der Waals surface area contributed by atoms with E-state index in [4.69, 9.17) is 0 Å². The molecule has 122 valence electrons. The normalized spacial score (nSPS) is 16.1. The topological polar surface area (TPSA) is 0 Å². The molecule has 0 amide bonds. The Labute approximate surface area is 130 Å². The standard InChI is InChI=1S/C20H42/c1-6-8-13-19(4)16-17-20(5)15-12-10-9-11-14-18(3)7-2/h18-20H,6-17H2,1-5H3. The Hall–Kier alpha value is 0. The molecule has 20 heavy (non-hydrogen) atoms. The molecule has 0 fully saturated rings. The monoisotopic (exact) mass is 282 g/mol. The van der Waals surface area contributed by atoms with Crippen molar-refractivity contribution in [3.8, 4) is 0 Å². The van der Waals surface area contributed by atoms with Gasteiger partial charge in [0.15, 0.2) is 0 Å². The first kappa shape index (κ1) is 20.0. The highest BCUT2D eigenvalue weighted by molar-refractivity contribution is 4.59. The lowest BCUT2D eigenvalue weighted by atomic mass is 9.91. The second kappa shape index (κ2) is 14.0. The maximum absolute atomic E-state index is 2.46. The summed E-state index contributed by atoms with van der Waals surface area (Å²) in [7, 11) is 0. The van der Waals surface area contributed by atoms with Gasteiger partial charge in [0.2, 0.25) is 0 Å². The van der Waals surface area contributed by atoms with Gasteiger partial charge in [0.1, 0.15) is 0 Å². The first-order valence-corrected chi connectivity index (χ1v) is 9.60. The predicted octanol–water partition coefficient (Wildman–Crippen LogP) is 7.62. The van der Waals surface area contributed by atoms with Gasteiger partial charge in [-0.1, -0.05) is 112 Å². The fourth-order valence-electron chi connectivity index (χ4n) is 2.95. The Kier molecular flexibility index (Phi) is 14.0. The van der Waals surface area contributed by atoms with Crippen LogP contribution in [0.5, 0.6) is 0 Å². The molecule has 0 aliphatic carbocycles. The second-order valence-electron chi connectivity index (χ2n) is 7.43. The third-order valence-electron chi connectivity index (χ3n) is 5.04. The average molecular weight is 283 g/mol. The van der Waals surface area contributed by atoms with Crippen LogP contribution in [0.25, 0.3) is 0 Å². The number of rotatable bonds is 14. The Morgan fingerprint density at radius 2 is 0.950 bits per heavy atom. The van der Waals surface area contributed by atoms with Crippen LogP contribution in [0.4, 0.5) is 0 Å². The second-order valence-corrected chi connectivity index (χ2v) is 7.43. The van der Waals surface area contributed by atoms with Crippen LogP contribution in [0.3, 0.4) is 0 Å². The van der Waals surface area contributed by atoms with E-state index in [1.54, 1.807) is 0 Å². The summed E-state index contributed by atoms with van der Waals surface area (Å²) in [5.74, 6) is 2.85. The van der Waals surface area contributed by atoms with E-state index in [1.165, 1.54) is 77.0 Å². The molecule has 0 aromatic carbocycles. The van der Waals surface area contributed by atoms with Crippen LogP contribution in [0.1, 0.15) is 112 Å². The van der Waals surface area contributed by atoms with Crippen molar-refractivity contribution >= 4 is 0 Å². The molecule has 3 atom stereocenters. The first-order chi connectivity index (χ1) is 9.60. The van der Waals surface area contributed by atoms with E-state index in [0.717, 1.165) is 17.8 Å². The van der Waals surface area contributed by atoms with Gasteiger partial charge < -0.3 is 0 Å². The third kappa shape index (κ3) is 13.0. The highest BCUT2D eigenvalue weighted by atomic mass is 14.1. The lowest BCUT2D eigenvalue weighted by Crippen LogP contribution is -2.01. The molecule has 0 saturated carbocycles. The van der Waals surface area contributed by atoms with Gasteiger partial charge >= 0.3 is 0 Å². The molecule has 0 radical (unpaired) electrons. The number of hydrogen-bond acceptors (Lipinski definition) is 0. The quantitative estimate of drug-likeness (QED) is 0.287. The van der Waals surface area contributed by atoms with E-state index >= 15 is 0 Å². The van der Waals surface area contributed by atoms with E-state index in [0.29, 0.717) is 0 Å². The van der Waals surface area contributed by atoms with Crippen LogP contribution in [-0.4, -0.2) is 0 Å². The van der Waals surface area contributed by atoms with Crippen LogP contribution in [0, 0.1) is 17.8 Å². The van der Waals surface area contributed by atoms with Gasteiger partial charge in [-0.3, -0.25) is 0 Å². The first-order valence-electron chi connectivity index (χ1n) is 9.60. The SMILES string of the molecule is CCCCC(C)CCC(C)CCCCCCC(C)CC. The molecule has 0 aromatic rings. The van der Waals surface area contributed by atoms with Gasteiger partial charge in [0.25, 0.3) is 0 Å². The van der Waals surface area contributed by atoms with Gasteiger partial charge in [-0.15, -0.1) is 0 Å². The molecule has 0 bridgehead atoms. The lowest BCUT2D eigenvalue weighted by Gasteiger charge is -2.15. The molecular weight excluding hydrogens is 240 g/mol. The van der Waals surface area contributed by atoms with Crippen LogP contribution in [0.15, 0.2) is 0 Å². The Morgan fingerprint density at radius 3 is 1.40 bits per heavy atom. The van der Waals surface area contributed by atoms with Crippen LogP contribution in [-0.2, 0) is 0 Å². The molecule has 0 heterocycles. The Morgan fingerprint density at radius 1 is 0.500 bits per heavy atom. The summed E-state index contributed by atoms with van der Waals surface area (Å²) in [6, 6.07) is 0. The molecule has 3 unspecified atom stereocenters. The Balaban J connectivity index is 3.34. The van der Waals surface area contributed by atoms with E-state index in [9.17, 15) is 0 Å². The van der Waals surface area contributed by atoms with Crippen molar-refractivity contribution in [1.82, 2.24) is 0 Å². The zero-order valence-electron chi connectivity index (χ0n) is 15.2. The minimum absolute atomic E-state index is 0.943. The fraction of sp³-hybridized carbons (Fsp3) is 1.00. The largest absolute Gasteiger partial charge is 0.0654 e. The smallest absolute Gasteiger partial charge is 0.0443 e. The molecule has 0 heteroatoms. The molecule has 0 N–H and O–H groups in total. The fourth-order valence-corrected chi connectivity index (χ4v) is 2.95. The lowest BCUT2D eigenvalue weighted by molar-refractivity contribution is 0.379. The van der Waals surface area contributed by atoms with Gasteiger partial charge in [-0.2, -0.15) is 0 Å². The predicted molar refractivity (Wildman–Crippen MR) is 94.2 cm³/mol. The summed E-state index contributed by atoms with van der Waals surface area (Å²) in [6.07, 6.45) is 17.2. The minimum Gasteiger partial charge on any atom is -0.0654 e. The maximum Gasteiger partial charge on any atom is -0.0443 e. The highest BCUT2D eigenvalue weighted by Crippen LogP contribution is 2.21. The van der Waals surface area contributed by atoms with Crippen LogP contribution < -0.4 is 0 Å². The average Bonchev–Trinajstić information content (AvgIpc) is 2.45. The minimum atomic E-state index is 0.943. The van der Waals surface area contributed by atoms with Crippen LogP contribution in [0.2, 0.25) is 0 Å². The van der Waals surface area contributed by atoms with Crippen LogP contribution >= 0.6 is 0 Å². The van der Waals surface area contributed by atoms with E-state index in [-0.39, 0.29) is 0 Å². The number of hydrogen-bond donors (Lipinski definition) is 0. The molecule has 0 spiro atoms. The zero-order valence-corrected chi connectivity index (χ0v) is 15.2. The van der Waals surface area contributed by atoms with Crippen molar-refractivity contribution in [1.29, 1.82) is 0 Å². The molecule has 0 saturated heterocycles. The summed E-state index contributed by atoms with van der Waals surface area (Å²) in [5, 5.41) is 0. The van der Waals surface area contributed by atoms with Crippen molar-refractivity contribution < 1.29 is 0 Å². The summed E-state index contributed by atoms with van der Waals surface area (Å²) in [5.41, 5.74) is 0. The summed E-state index contributed by atoms with van der Waals surface area (Å²) in [4.78, 5) is 0. The number of unbranched alkanes of at least 4 members (excludes halogenated alkanes) is 4. The zero-order chi connectivity index (χ0) is 15.2. The van der Waals surface area contributed by atoms with E-state index < -0.39 is 0 Å². The van der Waals surface area contributed by atoms with Crippen molar-refractivity contribution in [3.63, 3.8) is 0 Å². The van der Waals surface area contributed by atoms with Gasteiger partial charge in [-0.25, -0.2) is 0 Å². The van der Waals surface area contributed by atoms with E-state index in [2.05, 4.69) is 34.6 Å². The summed E-state index contributed by atoms with van der Waals surface area (Å²) in [6.45, 7) is 11.9. The molecular formula is C20H42.